The molecule has 1 aromatic carbocycles. The molecule has 37 heavy (non-hydrogen) atoms. The lowest BCUT2D eigenvalue weighted by atomic mass is 10.2. The van der Waals surface area contributed by atoms with Gasteiger partial charge in [-0.05, 0) is 32.3 Å². The number of piperazine rings is 1. The van der Waals surface area contributed by atoms with Crippen LogP contribution in [0.4, 0.5) is 11.8 Å². The Morgan fingerprint density at radius 2 is 1.78 bits per heavy atom. The summed E-state index contributed by atoms with van der Waals surface area (Å²) in [5.41, 5.74) is 2.12. The van der Waals surface area contributed by atoms with Crippen LogP contribution in [-0.4, -0.2) is 82.4 Å². The van der Waals surface area contributed by atoms with Crippen LogP contribution in [0.1, 0.15) is 55.2 Å². The lowest BCUT2D eigenvalue weighted by Crippen LogP contribution is -2.49. The highest BCUT2D eigenvalue weighted by atomic mass is 16.5. The van der Waals surface area contributed by atoms with Crippen LogP contribution in [0.2, 0.25) is 0 Å². The van der Waals surface area contributed by atoms with Crippen LogP contribution in [0.15, 0.2) is 30.3 Å². The van der Waals surface area contributed by atoms with Gasteiger partial charge in [0.2, 0.25) is 11.9 Å². The average Bonchev–Trinajstić information content (AvgIpc) is 3.53. The first kappa shape index (κ1) is 25.0. The summed E-state index contributed by atoms with van der Waals surface area (Å²) in [4.78, 5) is 55.6. The number of carbonyl (C=O) groups is 3. The molecule has 196 valence electrons. The summed E-state index contributed by atoms with van der Waals surface area (Å²) in [6.45, 7) is 9.16. The predicted molar refractivity (Wildman–Crippen MR) is 138 cm³/mol. The third kappa shape index (κ3) is 4.97. The van der Waals surface area contributed by atoms with E-state index in [2.05, 4.69) is 0 Å². The van der Waals surface area contributed by atoms with Crippen molar-refractivity contribution in [3.63, 3.8) is 0 Å². The Morgan fingerprint density at radius 1 is 1.05 bits per heavy atom. The van der Waals surface area contributed by atoms with Crippen molar-refractivity contribution < 1.29 is 19.1 Å². The summed E-state index contributed by atoms with van der Waals surface area (Å²) in [7, 11) is 0. The number of benzene rings is 1. The topological polar surface area (TPSA) is 99.2 Å². The van der Waals surface area contributed by atoms with Crippen LogP contribution in [0.5, 0.6) is 0 Å². The number of fused-ring (bicyclic) bond motifs is 1. The zero-order valence-electron chi connectivity index (χ0n) is 21.7. The minimum atomic E-state index is -0.465. The van der Waals surface area contributed by atoms with Gasteiger partial charge in [-0.3, -0.25) is 9.59 Å². The second kappa shape index (κ2) is 10.4. The maximum Gasteiger partial charge on any atom is 0.329 e. The molecule has 0 bridgehead atoms. The number of carbonyl (C=O) groups excluding carboxylic acids is 3. The van der Waals surface area contributed by atoms with Gasteiger partial charge >= 0.3 is 5.97 Å². The van der Waals surface area contributed by atoms with Gasteiger partial charge in [-0.15, -0.1) is 0 Å². The van der Waals surface area contributed by atoms with Gasteiger partial charge in [0.05, 0.1) is 6.54 Å². The molecule has 0 radical (unpaired) electrons. The SMILES string of the molecule is CC(=O)N1CCN(c2nc3c(c(N4CCC[C@H]4C(=O)OCc4ccccc4)n2)CN(C(C)C)C3=O)CC1. The maximum absolute atomic E-state index is 13.3. The summed E-state index contributed by atoms with van der Waals surface area (Å²) < 4.78 is 5.70. The molecule has 2 fully saturated rings. The normalized spacial score (nSPS) is 19.6. The summed E-state index contributed by atoms with van der Waals surface area (Å²) >= 11 is 0. The van der Waals surface area contributed by atoms with E-state index in [0.717, 1.165) is 17.5 Å². The third-order valence-electron chi connectivity index (χ3n) is 7.42. The molecule has 4 heterocycles. The molecule has 0 aliphatic carbocycles. The van der Waals surface area contributed by atoms with Crippen molar-refractivity contribution in [1.29, 1.82) is 0 Å². The molecule has 0 saturated carbocycles. The van der Waals surface area contributed by atoms with E-state index in [1.165, 1.54) is 0 Å². The smallest absolute Gasteiger partial charge is 0.329 e. The predicted octanol–water partition coefficient (Wildman–Crippen LogP) is 2.22. The van der Waals surface area contributed by atoms with Gasteiger partial charge in [0.25, 0.3) is 5.91 Å². The molecule has 2 aromatic rings. The van der Waals surface area contributed by atoms with Crippen molar-refractivity contribution in [1.82, 2.24) is 19.8 Å². The van der Waals surface area contributed by atoms with Crippen molar-refractivity contribution >= 4 is 29.5 Å². The average molecular weight is 507 g/mol. The highest BCUT2D eigenvalue weighted by molar-refractivity contribution is 5.98. The quantitative estimate of drug-likeness (QED) is 0.550. The van der Waals surface area contributed by atoms with Gasteiger partial charge < -0.3 is 24.3 Å². The summed E-state index contributed by atoms with van der Waals surface area (Å²) in [5, 5.41) is 0. The van der Waals surface area contributed by atoms with E-state index in [4.69, 9.17) is 14.7 Å². The van der Waals surface area contributed by atoms with E-state index >= 15 is 0 Å². The lowest BCUT2D eigenvalue weighted by Gasteiger charge is -2.35. The summed E-state index contributed by atoms with van der Waals surface area (Å²) in [6.07, 6.45) is 1.50. The molecule has 0 N–H and O–H groups in total. The van der Waals surface area contributed by atoms with Crippen molar-refractivity contribution in [2.24, 2.45) is 0 Å². The molecule has 0 spiro atoms. The van der Waals surface area contributed by atoms with E-state index in [0.29, 0.717) is 63.1 Å². The van der Waals surface area contributed by atoms with Crippen LogP contribution in [0, 0.1) is 0 Å². The fraction of sp³-hybridized carbons (Fsp3) is 0.519. The van der Waals surface area contributed by atoms with Gasteiger partial charge in [-0.2, -0.15) is 4.98 Å². The number of rotatable bonds is 6. The Bertz CT molecular complexity index is 1180. The molecule has 1 atom stereocenters. The Labute approximate surface area is 217 Å². The van der Waals surface area contributed by atoms with Crippen molar-refractivity contribution in [3.05, 3.63) is 47.2 Å². The van der Waals surface area contributed by atoms with E-state index in [1.807, 2.05) is 54.0 Å². The van der Waals surface area contributed by atoms with Crippen LogP contribution in [0.3, 0.4) is 0 Å². The zero-order chi connectivity index (χ0) is 26.1. The molecular weight excluding hydrogens is 472 g/mol. The van der Waals surface area contributed by atoms with Gasteiger partial charge in [-0.1, -0.05) is 30.3 Å². The third-order valence-corrected chi connectivity index (χ3v) is 7.42. The molecule has 5 rings (SSSR count). The van der Waals surface area contributed by atoms with Crippen LogP contribution >= 0.6 is 0 Å². The van der Waals surface area contributed by atoms with Gasteiger partial charge in [0.1, 0.15) is 24.2 Å². The highest BCUT2D eigenvalue weighted by Gasteiger charge is 2.40. The molecule has 1 aromatic heterocycles. The van der Waals surface area contributed by atoms with Crippen LogP contribution < -0.4 is 9.80 Å². The fourth-order valence-corrected chi connectivity index (χ4v) is 5.27. The second-order valence-electron chi connectivity index (χ2n) is 10.1. The van der Waals surface area contributed by atoms with E-state index in [1.54, 1.807) is 16.7 Å². The maximum atomic E-state index is 13.3. The standard InChI is InChI=1S/C27H34N6O4/c1-18(2)33-16-21-23(25(33)35)28-27(31-14-12-30(13-15-31)19(3)34)29-24(21)32-11-7-10-22(32)26(36)37-17-20-8-5-4-6-9-20/h4-6,8-9,18,22H,7,10-17H2,1-3H3/t22-/m0/s1. The Balaban J connectivity index is 1.43. The monoisotopic (exact) mass is 506 g/mol. The van der Waals surface area contributed by atoms with Crippen molar-refractivity contribution in [3.8, 4) is 0 Å². The lowest BCUT2D eigenvalue weighted by molar-refractivity contribution is -0.146. The van der Waals surface area contributed by atoms with Crippen LogP contribution in [-0.2, 0) is 27.5 Å². The minimum absolute atomic E-state index is 0.0160. The Kier molecular flexibility index (Phi) is 6.99. The molecule has 2 saturated heterocycles. The van der Waals surface area contributed by atoms with Crippen LogP contribution in [0.25, 0.3) is 0 Å². The van der Waals surface area contributed by atoms with Crippen molar-refractivity contribution in [2.45, 2.75) is 58.8 Å². The van der Waals surface area contributed by atoms with Gasteiger partial charge in [0, 0.05) is 51.3 Å². The second-order valence-corrected chi connectivity index (χ2v) is 10.1. The number of esters is 1. The summed E-state index contributed by atoms with van der Waals surface area (Å²) in [5.74, 6) is 0.769. The number of ether oxygens (including phenoxy) is 1. The molecule has 3 aliphatic rings. The zero-order valence-corrected chi connectivity index (χ0v) is 21.7. The number of anilines is 2. The van der Waals surface area contributed by atoms with Gasteiger partial charge in [-0.25, -0.2) is 9.78 Å². The number of hydrogen-bond donors (Lipinski definition) is 0. The molecule has 0 unspecified atom stereocenters. The van der Waals surface area contributed by atoms with Gasteiger partial charge in [0.15, 0.2) is 0 Å². The van der Waals surface area contributed by atoms with E-state index in [-0.39, 0.29) is 30.4 Å². The minimum Gasteiger partial charge on any atom is -0.459 e. The number of nitrogens with zero attached hydrogens (tertiary/aromatic N) is 6. The largest absolute Gasteiger partial charge is 0.459 e. The van der Waals surface area contributed by atoms with E-state index < -0.39 is 6.04 Å². The highest BCUT2D eigenvalue weighted by Crippen LogP contribution is 2.36. The Morgan fingerprint density at radius 3 is 2.46 bits per heavy atom. The molecular formula is C27H34N6O4. The Hall–Kier alpha value is -3.69. The first-order chi connectivity index (χ1) is 17.8. The first-order valence-electron chi connectivity index (χ1n) is 13.0. The molecule has 10 heteroatoms. The van der Waals surface area contributed by atoms with E-state index in [9.17, 15) is 14.4 Å². The molecule has 3 aliphatic heterocycles. The fourth-order valence-electron chi connectivity index (χ4n) is 5.27. The number of hydrogen-bond acceptors (Lipinski definition) is 8. The number of aromatic nitrogens is 2. The molecule has 2 amide bonds. The summed E-state index contributed by atoms with van der Waals surface area (Å²) in [6, 6.07) is 9.19. The molecule has 10 nitrogen and oxygen atoms in total. The van der Waals surface area contributed by atoms with Crippen molar-refractivity contribution in [2.75, 3.05) is 42.5 Å². The first-order valence-corrected chi connectivity index (χ1v) is 13.0. The number of amides is 2.